The van der Waals surface area contributed by atoms with Gasteiger partial charge in [0.2, 0.25) is 17.7 Å². The smallest absolute Gasteiger partial charge is 0.243 e. The van der Waals surface area contributed by atoms with Gasteiger partial charge in [-0.05, 0) is 93.7 Å². The van der Waals surface area contributed by atoms with Gasteiger partial charge in [-0.3, -0.25) is 9.59 Å². The van der Waals surface area contributed by atoms with Gasteiger partial charge in [0, 0.05) is 113 Å². The Morgan fingerprint density at radius 2 is 1.61 bits per heavy atom. The number of aryl methyl sites for hydroxylation is 1. The highest BCUT2D eigenvalue weighted by Crippen LogP contribution is 2.41. The maximum Gasteiger partial charge on any atom is 0.243 e. The number of para-hydroxylation sites is 1. The number of carbonyl (C=O) groups is 2. The molecular weight excluding hydrogens is 1060 g/mol. The van der Waals surface area contributed by atoms with E-state index in [4.69, 9.17) is 19.7 Å². The predicted molar refractivity (Wildman–Crippen MR) is 313 cm³/mol. The van der Waals surface area contributed by atoms with Gasteiger partial charge in [0.1, 0.15) is 23.8 Å². The van der Waals surface area contributed by atoms with Crippen LogP contribution in [-0.4, -0.2) is 163 Å². The molecule has 9 heterocycles. The fourth-order valence-corrected chi connectivity index (χ4v) is 14.2. The van der Waals surface area contributed by atoms with E-state index < -0.39 is 23.7 Å². The first-order chi connectivity index (χ1) is 39.6. The number of anilines is 4. The summed E-state index contributed by atoms with van der Waals surface area (Å²) in [6.45, 7) is 12.9. The number of aromatic hydroxyl groups is 1. The zero-order valence-corrected chi connectivity index (χ0v) is 48.0. The molecule has 0 spiro atoms. The lowest BCUT2D eigenvalue weighted by molar-refractivity contribution is -0.141. The second kappa shape index (κ2) is 23.4. The van der Waals surface area contributed by atoms with Crippen molar-refractivity contribution in [1.29, 1.82) is 0 Å². The quantitative estimate of drug-likeness (QED) is 0.0611. The van der Waals surface area contributed by atoms with E-state index in [0.29, 0.717) is 67.0 Å². The second-order valence-corrected chi connectivity index (χ2v) is 24.9. The number of aliphatic hydroxyl groups is 2. The lowest BCUT2D eigenvalue weighted by Crippen LogP contribution is -2.54. The molecule has 1 unspecified atom stereocenters. The molecule has 82 heavy (non-hydrogen) atoms. The standard InChI is InChI=1S/C61H76N12O8S/c1-36(2)56(60(77)72-33-44(74)26-51(72)59(76)65-37(3)39-9-11-40(12-10-39)57-38(4)64-35-82-57)53-30-54(68-81-53)70-23-18-61(78,19-24-70)34-69-21-16-45(17-22-69)79-46-27-47(28-46)80-55-25-41(15-20-63-55)73-42-13-14-43(73)32-71(31-42)50-29-49(66-67-58(50)62)48-7-5-6-8-52(48)75/h5-12,15,20,25,29-30,35-37,42-47,51,56,74-75,78H,13-14,16-19,21-24,26-28,31-34H2,1-4H3,(H2,62,67)(H,65,76)/t37-,42+,43?,44+,46?,47?,51-,56-/m0/s1. The summed E-state index contributed by atoms with van der Waals surface area (Å²) in [6, 6.07) is 22.5. The first kappa shape index (κ1) is 55.6. The van der Waals surface area contributed by atoms with Gasteiger partial charge in [-0.25, -0.2) is 9.97 Å². The summed E-state index contributed by atoms with van der Waals surface area (Å²) < 4.78 is 19.0. The molecule has 6 fully saturated rings. The number of nitrogens with one attached hydrogen (secondary N) is 1. The number of aromatic nitrogens is 5. The number of fused-ring (bicyclic) bond motifs is 2. The number of hydrogen-bond acceptors (Lipinski definition) is 19. The Balaban J connectivity index is 0.572. The van der Waals surface area contributed by atoms with Gasteiger partial charge < -0.3 is 64.9 Å². The summed E-state index contributed by atoms with van der Waals surface area (Å²) in [5.74, 6) is 0.739. The van der Waals surface area contributed by atoms with Crippen LogP contribution >= 0.6 is 11.3 Å². The van der Waals surface area contributed by atoms with Crippen LogP contribution in [0.1, 0.15) is 108 Å². The number of piperazine rings is 1. The molecule has 0 radical (unpaired) electrons. The Morgan fingerprint density at radius 1 is 0.866 bits per heavy atom. The molecule has 21 heteroatoms. The molecular formula is C61H76N12O8S. The van der Waals surface area contributed by atoms with Gasteiger partial charge in [0.25, 0.3) is 0 Å². The third kappa shape index (κ3) is 11.7. The van der Waals surface area contributed by atoms with Crippen molar-refractivity contribution in [2.24, 2.45) is 5.92 Å². The Bertz CT molecular complexity index is 3200. The topological polar surface area (TPSA) is 245 Å². The summed E-state index contributed by atoms with van der Waals surface area (Å²) >= 11 is 1.59. The molecule has 1 aliphatic carbocycles. The first-order valence-corrected chi connectivity index (χ1v) is 30.2. The minimum atomic E-state index is -0.842. The molecule has 6 N–H and O–H groups in total. The molecule has 5 aliphatic heterocycles. The van der Waals surface area contributed by atoms with Crippen LogP contribution in [0.5, 0.6) is 11.6 Å². The van der Waals surface area contributed by atoms with Gasteiger partial charge in [-0.2, -0.15) is 0 Å². The van der Waals surface area contributed by atoms with Crippen LogP contribution in [0.3, 0.4) is 0 Å². The van der Waals surface area contributed by atoms with Gasteiger partial charge >= 0.3 is 0 Å². The summed E-state index contributed by atoms with van der Waals surface area (Å²) in [7, 11) is 0. The van der Waals surface area contributed by atoms with Crippen molar-refractivity contribution in [2.45, 2.75) is 146 Å². The van der Waals surface area contributed by atoms with Crippen LogP contribution in [-0.2, 0) is 14.3 Å². The third-order valence-electron chi connectivity index (χ3n) is 18.0. The number of rotatable bonds is 17. The molecule has 12 rings (SSSR count). The van der Waals surface area contributed by atoms with Crippen LogP contribution in [0, 0.1) is 12.8 Å². The molecule has 4 aromatic heterocycles. The molecule has 1 saturated carbocycles. The Kier molecular flexibility index (Phi) is 15.9. The van der Waals surface area contributed by atoms with Crippen LogP contribution in [0.25, 0.3) is 21.7 Å². The number of thiazole rings is 1. The number of ether oxygens (including phenoxy) is 2. The molecule has 6 aliphatic rings. The van der Waals surface area contributed by atoms with Crippen molar-refractivity contribution in [2.75, 3.05) is 72.8 Å². The van der Waals surface area contributed by atoms with Crippen molar-refractivity contribution in [3.8, 4) is 33.3 Å². The maximum atomic E-state index is 14.4. The largest absolute Gasteiger partial charge is 0.507 e. The summed E-state index contributed by atoms with van der Waals surface area (Å²) in [5.41, 5.74) is 13.5. The minimum Gasteiger partial charge on any atom is -0.507 e. The Labute approximate surface area is 482 Å². The Morgan fingerprint density at radius 3 is 2.32 bits per heavy atom. The number of amides is 2. The highest BCUT2D eigenvalue weighted by atomic mass is 32.1. The lowest BCUT2D eigenvalue weighted by atomic mass is 9.89. The van der Waals surface area contributed by atoms with Gasteiger partial charge in [0.15, 0.2) is 17.4 Å². The molecule has 2 aromatic carbocycles. The van der Waals surface area contributed by atoms with Crippen molar-refractivity contribution >= 4 is 46.2 Å². The zero-order chi connectivity index (χ0) is 56.8. The predicted octanol–water partition coefficient (Wildman–Crippen LogP) is 7.11. The molecule has 2 amide bonds. The number of carbonyl (C=O) groups excluding carboxylic acids is 2. The number of aliphatic hydroxyl groups excluding tert-OH is 1. The Hall–Kier alpha value is -6.91. The molecule has 6 atom stereocenters. The molecule has 5 saturated heterocycles. The monoisotopic (exact) mass is 1140 g/mol. The van der Waals surface area contributed by atoms with Crippen molar-refractivity contribution in [3.63, 3.8) is 0 Å². The molecule has 6 aromatic rings. The number of likely N-dealkylation sites (tertiary alicyclic amines) is 2. The summed E-state index contributed by atoms with van der Waals surface area (Å²) in [5, 5.41) is 49.2. The first-order valence-electron chi connectivity index (χ1n) is 29.3. The zero-order valence-electron chi connectivity index (χ0n) is 47.2. The number of nitrogen functional groups attached to an aromatic ring is 1. The highest BCUT2D eigenvalue weighted by molar-refractivity contribution is 7.13. The van der Waals surface area contributed by atoms with E-state index in [1.165, 1.54) is 4.90 Å². The fourth-order valence-electron chi connectivity index (χ4n) is 13.4. The van der Waals surface area contributed by atoms with E-state index in [0.717, 1.165) is 97.8 Å². The van der Waals surface area contributed by atoms with E-state index >= 15 is 0 Å². The lowest BCUT2D eigenvalue weighted by Gasteiger charge is -2.44. The van der Waals surface area contributed by atoms with E-state index in [1.54, 1.807) is 23.5 Å². The van der Waals surface area contributed by atoms with Crippen LogP contribution in [0.15, 0.2) is 89.0 Å². The van der Waals surface area contributed by atoms with Crippen molar-refractivity contribution in [1.82, 2.24) is 40.4 Å². The van der Waals surface area contributed by atoms with Gasteiger partial charge in [-0.1, -0.05) is 55.4 Å². The normalized spacial score (nSPS) is 24.6. The average molecular weight is 1140 g/mol. The van der Waals surface area contributed by atoms with E-state index in [-0.39, 0.29) is 72.9 Å². The third-order valence-corrected chi connectivity index (χ3v) is 19.0. The maximum absolute atomic E-state index is 14.4. The average Bonchev–Trinajstić information content (AvgIpc) is 4.17. The highest BCUT2D eigenvalue weighted by Gasteiger charge is 2.45. The van der Waals surface area contributed by atoms with Crippen LogP contribution in [0.2, 0.25) is 0 Å². The second-order valence-electron chi connectivity index (χ2n) is 24.0. The molecule has 20 nitrogen and oxygen atoms in total. The number of nitrogens with zero attached hydrogens (tertiary/aromatic N) is 10. The van der Waals surface area contributed by atoms with Crippen LogP contribution in [0.4, 0.5) is 23.0 Å². The van der Waals surface area contributed by atoms with Crippen LogP contribution < -0.4 is 30.5 Å². The fraction of sp³-hybridized carbons (Fsp3) is 0.525. The van der Waals surface area contributed by atoms with E-state index in [1.807, 2.05) is 87.9 Å². The molecule has 2 bridgehead atoms. The van der Waals surface area contributed by atoms with Crippen molar-refractivity contribution < 1.29 is 38.9 Å². The summed E-state index contributed by atoms with van der Waals surface area (Å²) in [4.78, 5) is 49.1. The van der Waals surface area contributed by atoms with E-state index in [9.17, 15) is 24.9 Å². The number of piperidine rings is 2. The number of nitrogens with two attached hydrogens (primary N) is 1. The number of hydrogen-bond donors (Lipinski definition) is 5. The van der Waals surface area contributed by atoms with Crippen molar-refractivity contribution in [3.05, 3.63) is 102 Å². The van der Waals surface area contributed by atoms with E-state index in [2.05, 4.69) is 62.4 Å². The molecule has 434 valence electrons. The minimum absolute atomic E-state index is 0.0484. The number of benzene rings is 2. The summed E-state index contributed by atoms with van der Waals surface area (Å²) in [6.07, 6.45) is 8.26. The number of phenols is 1. The number of phenolic OH excluding ortho intramolecular Hbond substituents is 1. The van der Waals surface area contributed by atoms with Gasteiger partial charge in [-0.15, -0.1) is 21.5 Å². The van der Waals surface area contributed by atoms with Gasteiger partial charge in [0.05, 0.1) is 57.4 Å². The number of pyridine rings is 1. The SMILES string of the molecule is Cc1ncsc1-c1ccc([C@H](C)NC(=O)[C@@H]2C[C@@H](O)CN2C(=O)[C@H](c2cc(N3CCC(O)(CN4CCC(OC5CC(Oc6cc(N7C8CC[C@@H]7CN(c7cc(-c9ccccc9O)nnc7N)C8)ccn6)C5)CC4)CC3)no2)C(C)C)cc1. The number of β-amino-alcohol motifs (C(OH)–C–C–N with tert-alkyl or cyclic N) is 2.